The molecule has 1 amide bonds. The van der Waals surface area contributed by atoms with E-state index >= 15 is 0 Å². The molecule has 3 rings (SSSR count). The number of esters is 1. The summed E-state index contributed by atoms with van der Waals surface area (Å²) in [5.41, 5.74) is 1.59. The first-order valence-electron chi connectivity index (χ1n) is 9.92. The summed E-state index contributed by atoms with van der Waals surface area (Å²) in [6.45, 7) is 4.50. The highest BCUT2D eigenvalue weighted by Gasteiger charge is 2.51. The van der Waals surface area contributed by atoms with Crippen molar-refractivity contribution < 1.29 is 28.9 Å². The summed E-state index contributed by atoms with van der Waals surface area (Å²) in [5.74, 6) is -1.46. The van der Waals surface area contributed by atoms with Crippen LogP contribution >= 0.6 is 11.6 Å². The van der Waals surface area contributed by atoms with Gasteiger partial charge in [0, 0.05) is 17.9 Å². The molecule has 7 nitrogen and oxygen atoms in total. The van der Waals surface area contributed by atoms with E-state index in [1.807, 2.05) is 26.0 Å². The number of aliphatic hydroxyl groups is 1. The van der Waals surface area contributed by atoms with Gasteiger partial charge in [0.2, 0.25) is 5.91 Å². The number of hydrogen-bond donors (Lipinski definition) is 2. The number of aliphatic hydroxyl groups excluding tert-OH is 1. The van der Waals surface area contributed by atoms with Crippen molar-refractivity contribution in [1.82, 2.24) is 5.32 Å². The highest BCUT2D eigenvalue weighted by atomic mass is 35.5. The Hall–Kier alpha value is -1.67. The van der Waals surface area contributed by atoms with Crippen LogP contribution in [0.1, 0.15) is 42.4 Å². The second-order valence-corrected chi connectivity index (χ2v) is 8.23. The van der Waals surface area contributed by atoms with Gasteiger partial charge in [0.05, 0.1) is 26.2 Å². The van der Waals surface area contributed by atoms with Gasteiger partial charge in [-0.2, -0.15) is 0 Å². The smallest absolute Gasteiger partial charge is 0.331 e. The van der Waals surface area contributed by atoms with Crippen molar-refractivity contribution in [3.63, 3.8) is 0 Å². The van der Waals surface area contributed by atoms with E-state index in [1.54, 1.807) is 0 Å². The maximum Gasteiger partial charge on any atom is 0.331 e. The van der Waals surface area contributed by atoms with Crippen LogP contribution in [0.5, 0.6) is 0 Å². The van der Waals surface area contributed by atoms with Gasteiger partial charge < -0.3 is 24.6 Å². The molecular weight excluding hydrogens is 398 g/mol. The lowest BCUT2D eigenvalue weighted by atomic mass is 9.78. The fourth-order valence-corrected chi connectivity index (χ4v) is 4.52. The van der Waals surface area contributed by atoms with Crippen LogP contribution in [0, 0.1) is 13.8 Å². The quantitative estimate of drug-likeness (QED) is 0.678. The zero-order valence-electron chi connectivity index (χ0n) is 16.9. The maximum atomic E-state index is 12.9. The van der Waals surface area contributed by atoms with Gasteiger partial charge in [-0.05, 0) is 55.5 Å². The molecule has 2 N–H and O–H groups in total. The summed E-state index contributed by atoms with van der Waals surface area (Å²) in [6, 6.07) is 3.64. The van der Waals surface area contributed by atoms with Crippen LogP contribution in [0.2, 0.25) is 5.02 Å². The van der Waals surface area contributed by atoms with Gasteiger partial charge in [0.25, 0.3) is 0 Å². The maximum absolute atomic E-state index is 12.9. The minimum Gasteiger partial charge on any atom is -0.462 e. The summed E-state index contributed by atoms with van der Waals surface area (Å²) in [5, 5.41) is 12.6. The molecular formula is C21H28ClNO6. The molecule has 0 atom stereocenters. The molecule has 0 bridgehead atoms. The fraction of sp³-hybridized carbons (Fsp3) is 0.619. The van der Waals surface area contributed by atoms with Crippen molar-refractivity contribution in [1.29, 1.82) is 0 Å². The summed E-state index contributed by atoms with van der Waals surface area (Å²) >= 11 is 6.08. The van der Waals surface area contributed by atoms with Gasteiger partial charge in [-0.1, -0.05) is 11.6 Å². The molecule has 1 spiro atoms. The zero-order chi connectivity index (χ0) is 21.1. The minimum atomic E-state index is -1.15. The third-order valence-corrected chi connectivity index (χ3v) is 5.99. The molecule has 2 fully saturated rings. The lowest BCUT2D eigenvalue weighted by Crippen LogP contribution is -2.60. The van der Waals surface area contributed by atoms with Crippen molar-refractivity contribution in [3.8, 4) is 0 Å². The van der Waals surface area contributed by atoms with Crippen molar-refractivity contribution in [2.45, 2.75) is 57.3 Å². The summed E-state index contributed by atoms with van der Waals surface area (Å²) in [4.78, 5) is 25.7. The normalized spacial score (nSPS) is 19.9. The monoisotopic (exact) mass is 425 g/mol. The van der Waals surface area contributed by atoms with Crippen LogP contribution in [0.3, 0.4) is 0 Å². The third-order valence-electron chi connectivity index (χ3n) is 5.77. The largest absolute Gasteiger partial charge is 0.462 e. The van der Waals surface area contributed by atoms with E-state index in [9.17, 15) is 9.59 Å². The van der Waals surface area contributed by atoms with E-state index in [0.29, 0.717) is 43.9 Å². The number of carbonyl (C=O) groups excluding carboxylic acids is 2. The summed E-state index contributed by atoms with van der Waals surface area (Å²) < 4.78 is 16.7. The molecule has 0 aromatic heterocycles. The molecule has 0 unspecified atom stereocenters. The van der Waals surface area contributed by atoms with Crippen LogP contribution in [0.15, 0.2) is 12.1 Å². The Balaban J connectivity index is 1.75. The first kappa shape index (κ1) is 22.0. The highest BCUT2D eigenvalue weighted by Crippen LogP contribution is 2.41. The number of nitrogens with one attached hydrogen (secondary N) is 1. The average molecular weight is 426 g/mol. The molecule has 160 valence electrons. The van der Waals surface area contributed by atoms with E-state index in [4.69, 9.17) is 30.9 Å². The number of halogens is 1. The highest BCUT2D eigenvalue weighted by molar-refractivity contribution is 6.30. The molecule has 1 saturated heterocycles. The van der Waals surface area contributed by atoms with Crippen LogP contribution in [-0.2, 0) is 30.2 Å². The van der Waals surface area contributed by atoms with Gasteiger partial charge in [0.15, 0.2) is 5.79 Å². The predicted molar refractivity (Wildman–Crippen MR) is 107 cm³/mol. The Kier molecular flexibility index (Phi) is 6.83. The number of rotatable bonds is 6. The van der Waals surface area contributed by atoms with Crippen LogP contribution in [0.25, 0.3) is 0 Å². The van der Waals surface area contributed by atoms with Crippen LogP contribution < -0.4 is 5.32 Å². The van der Waals surface area contributed by atoms with Crippen LogP contribution in [-0.4, -0.2) is 54.7 Å². The first-order chi connectivity index (χ1) is 13.8. The Labute approximate surface area is 175 Å². The van der Waals surface area contributed by atoms with E-state index in [-0.39, 0.29) is 25.5 Å². The molecule has 1 saturated carbocycles. The van der Waals surface area contributed by atoms with E-state index in [1.165, 1.54) is 0 Å². The molecule has 8 heteroatoms. The number of amides is 1. The van der Waals surface area contributed by atoms with E-state index < -0.39 is 17.3 Å². The second-order valence-electron chi connectivity index (χ2n) is 7.79. The molecule has 1 aromatic carbocycles. The first-order valence-corrected chi connectivity index (χ1v) is 10.3. The third kappa shape index (κ3) is 4.91. The predicted octanol–water partition coefficient (Wildman–Crippen LogP) is 2.21. The lowest BCUT2D eigenvalue weighted by Gasteiger charge is -2.42. The fourth-order valence-electron chi connectivity index (χ4n) is 4.19. The zero-order valence-corrected chi connectivity index (χ0v) is 17.6. The molecule has 1 aliphatic heterocycles. The standard InChI is InChI=1S/C21H28ClNO6/c1-14-11-16(22)12-15(2)17(14)13-18(25)23-20(19(26)27-8-7-24)3-5-21(6-4-20)28-9-10-29-21/h11-12,24H,3-10,13H2,1-2H3,(H,23,25). The van der Waals surface area contributed by atoms with Gasteiger partial charge in [0.1, 0.15) is 12.1 Å². The van der Waals surface area contributed by atoms with E-state index in [2.05, 4.69) is 5.32 Å². The van der Waals surface area contributed by atoms with Gasteiger partial charge in [-0.3, -0.25) is 4.79 Å². The lowest BCUT2D eigenvalue weighted by molar-refractivity contribution is -0.193. The Bertz CT molecular complexity index is 741. The van der Waals surface area contributed by atoms with Gasteiger partial charge in [-0.25, -0.2) is 4.79 Å². The van der Waals surface area contributed by atoms with Gasteiger partial charge in [-0.15, -0.1) is 0 Å². The van der Waals surface area contributed by atoms with E-state index in [0.717, 1.165) is 16.7 Å². The number of aryl methyl sites for hydroxylation is 2. The summed E-state index contributed by atoms with van der Waals surface area (Å²) in [6.07, 6.45) is 1.81. The topological polar surface area (TPSA) is 94.1 Å². The number of hydrogen-bond acceptors (Lipinski definition) is 6. The van der Waals surface area contributed by atoms with Crippen LogP contribution in [0.4, 0.5) is 0 Å². The number of ether oxygens (including phenoxy) is 3. The molecule has 0 radical (unpaired) electrons. The number of benzene rings is 1. The SMILES string of the molecule is Cc1cc(Cl)cc(C)c1CC(=O)NC1(C(=O)OCCO)CCC2(CC1)OCCO2. The number of carbonyl (C=O) groups is 2. The molecule has 2 aliphatic rings. The Morgan fingerprint density at radius 3 is 2.28 bits per heavy atom. The Morgan fingerprint density at radius 2 is 1.72 bits per heavy atom. The average Bonchev–Trinajstić information content (AvgIpc) is 3.13. The van der Waals surface area contributed by atoms with Crippen molar-refractivity contribution >= 4 is 23.5 Å². The molecule has 1 aromatic rings. The van der Waals surface area contributed by atoms with Gasteiger partial charge >= 0.3 is 5.97 Å². The molecule has 1 heterocycles. The van der Waals surface area contributed by atoms with Crippen molar-refractivity contribution in [2.75, 3.05) is 26.4 Å². The molecule has 1 aliphatic carbocycles. The Morgan fingerprint density at radius 1 is 1.14 bits per heavy atom. The van der Waals surface area contributed by atoms with Crippen molar-refractivity contribution in [2.24, 2.45) is 0 Å². The second kappa shape index (κ2) is 9.00. The molecule has 29 heavy (non-hydrogen) atoms. The van der Waals surface area contributed by atoms with Crippen molar-refractivity contribution in [3.05, 3.63) is 33.8 Å². The summed E-state index contributed by atoms with van der Waals surface area (Å²) in [7, 11) is 0. The minimum absolute atomic E-state index is 0.107.